The number of hydrogen-bond donors (Lipinski definition) is 2. The van der Waals surface area contributed by atoms with Gasteiger partial charge in [0.25, 0.3) is 0 Å². The van der Waals surface area contributed by atoms with Gasteiger partial charge in [0, 0.05) is 36.9 Å². The summed E-state index contributed by atoms with van der Waals surface area (Å²) < 4.78 is 12.1. The Balaban J connectivity index is 1.65. The predicted octanol–water partition coefficient (Wildman–Crippen LogP) is 1.64. The third-order valence-electron chi connectivity index (χ3n) is 5.67. The van der Waals surface area contributed by atoms with E-state index in [0.717, 1.165) is 31.1 Å². The van der Waals surface area contributed by atoms with Gasteiger partial charge in [0.1, 0.15) is 0 Å². The minimum atomic E-state index is -0.462. The molecule has 0 unspecified atom stereocenters. The van der Waals surface area contributed by atoms with Crippen LogP contribution in [0.2, 0.25) is 0 Å². The van der Waals surface area contributed by atoms with Crippen molar-refractivity contribution in [1.29, 1.82) is 0 Å². The van der Waals surface area contributed by atoms with E-state index >= 15 is 0 Å². The molecule has 2 atom stereocenters. The van der Waals surface area contributed by atoms with E-state index in [2.05, 4.69) is 20.6 Å². The number of carbonyl (C=O) groups excluding carboxylic acids is 1. The zero-order valence-corrected chi connectivity index (χ0v) is 16.3. The van der Waals surface area contributed by atoms with Gasteiger partial charge in [-0.15, -0.1) is 0 Å². The maximum Gasteiger partial charge on any atom is 0.498 e. The van der Waals surface area contributed by atoms with E-state index in [4.69, 9.17) is 9.31 Å². The van der Waals surface area contributed by atoms with Gasteiger partial charge in [-0.2, -0.15) is 0 Å². The maximum atomic E-state index is 11.4. The molecule has 8 heteroatoms. The Bertz CT molecular complexity index is 634. The molecular formula is C18H29BN4O3. The first-order chi connectivity index (χ1) is 12.2. The molecule has 142 valence electrons. The second kappa shape index (κ2) is 7.16. The van der Waals surface area contributed by atoms with Crippen molar-refractivity contribution >= 4 is 24.4 Å². The highest BCUT2D eigenvalue weighted by molar-refractivity contribution is 6.61. The topological polar surface area (TPSA) is 85.4 Å². The first-order valence-corrected chi connectivity index (χ1v) is 9.39. The molecule has 1 aromatic rings. The number of aromatic nitrogens is 2. The van der Waals surface area contributed by atoms with E-state index in [1.165, 1.54) is 0 Å². The minimum Gasteiger partial charge on any atom is -0.399 e. The number of hydrogen-bond acceptors (Lipinski definition) is 6. The van der Waals surface area contributed by atoms with Gasteiger partial charge in [-0.25, -0.2) is 9.97 Å². The molecule has 1 aromatic heterocycles. The van der Waals surface area contributed by atoms with E-state index in [0.29, 0.717) is 5.95 Å². The average molecular weight is 360 g/mol. The lowest BCUT2D eigenvalue weighted by Crippen LogP contribution is -2.48. The van der Waals surface area contributed by atoms with Gasteiger partial charge in [-0.05, 0) is 40.5 Å². The van der Waals surface area contributed by atoms with E-state index < -0.39 is 7.12 Å². The molecule has 2 aliphatic rings. The first kappa shape index (κ1) is 19.1. The fourth-order valence-corrected chi connectivity index (χ4v) is 3.42. The van der Waals surface area contributed by atoms with Crippen LogP contribution < -0.4 is 16.1 Å². The number of amides is 1. The molecule has 0 radical (unpaired) electrons. The lowest BCUT2D eigenvalue weighted by Gasteiger charge is -2.32. The largest absolute Gasteiger partial charge is 0.498 e. The number of nitrogens with zero attached hydrogens (tertiary/aromatic N) is 2. The van der Waals surface area contributed by atoms with Crippen LogP contribution in [-0.2, 0) is 14.1 Å². The Labute approximate surface area is 155 Å². The Morgan fingerprint density at radius 2 is 1.62 bits per heavy atom. The van der Waals surface area contributed by atoms with Crippen molar-refractivity contribution in [2.45, 2.75) is 83.6 Å². The van der Waals surface area contributed by atoms with Gasteiger partial charge >= 0.3 is 7.12 Å². The number of carbonyl (C=O) groups is 1. The van der Waals surface area contributed by atoms with Crippen LogP contribution in [0.1, 0.15) is 60.3 Å². The van der Waals surface area contributed by atoms with Crippen molar-refractivity contribution in [2.75, 3.05) is 5.32 Å². The van der Waals surface area contributed by atoms with Gasteiger partial charge in [0.2, 0.25) is 11.9 Å². The average Bonchev–Trinajstić information content (AvgIpc) is 2.77. The van der Waals surface area contributed by atoms with E-state index in [-0.39, 0.29) is 29.2 Å². The SMILES string of the molecule is CC(=O)N[C@@H]1CCCC[C@H]1Nc1ncc(B2OC(C)(C)C(C)(C)O2)cn1. The molecule has 2 heterocycles. The van der Waals surface area contributed by atoms with Crippen LogP contribution in [0.3, 0.4) is 0 Å². The minimum absolute atomic E-state index is 0.000673. The summed E-state index contributed by atoms with van der Waals surface area (Å²) in [6, 6.07) is 0.267. The summed E-state index contributed by atoms with van der Waals surface area (Å²) in [5.74, 6) is 0.563. The standard InChI is InChI=1S/C18H29BN4O3/c1-12(24)22-14-8-6-7-9-15(14)23-16-20-10-13(11-21-16)19-25-17(2,3)18(4,5)26-19/h10-11,14-15H,6-9H2,1-5H3,(H,22,24)(H,20,21,23)/t14-,15-/m1/s1. The molecule has 1 aliphatic carbocycles. The van der Waals surface area contributed by atoms with Crippen LogP contribution in [0.4, 0.5) is 5.95 Å². The number of anilines is 1. The van der Waals surface area contributed by atoms with Gasteiger partial charge in [-0.1, -0.05) is 12.8 Å². The molecule has 1 aliphatic heterocycles. The molecular weight excluding hydrogens is 331 g/mol. The fourth-order valence-electron chi connectivity index (χ4n) is 3.42. The third-order valence-corrected chi connectivity index (χ3v) is 5.67. The van der Waals surface area contributed by atoms with Crippen molar-refractivity contribution in [3.63, 3.8) is 0 Å². The van der Waals surface area contributed by atoms with Crippen LogP contribution in [0.5, 0.6) is 0 Å². The highest BCUT2D eigenvalue weighted by atomic mass is 16.7. The Morgan fingerprint density at radius 1 is 1.08 bits per heavy atom. The zero-order valence-electron chi connectivity index (χ0n) is 16.3. The normalized spacial score (nSPS) is 27.2. The highest BCUT2D eigenvalue weighted by Gasteiger charge is 2.51. The Kier molecular flexibility index (Phi) is 5.26. The lowest BCUT2D eigenvalue weighted by atomic mass is 9.81. The number of rotatable bonds is 4. The summed E-state index contributed by atoms with van der Waals surface area (Å²) in [5, 5.41) is 6.40. The molecule has 2 N–H and O–H groups in total. The van der Waals surface area contributed by atoms with Crippen molar-refractivity contribution in [2.24, 2.45) is 0 Å². The summed E-state index contributed by atoms with van der Waals surface area (Å²) in [5.41, 5.74) is 0.0288. The fraction of sp³-hybridized carbons (Fsp3) is 0.722. The second-order valence-corrected chi connectivity index (χ2v) is 8.27. The summed E-state index contributed by atoms with van der Waals surface area (Å²) in [4.78, 5) is 20.3. The van der Waals surface area contributed by atoms with Crippen LogP contribution in [0.15, 0.2) is 12.4 Å². The monoisotopic (exact) mass is 360 g/mol. The van der Waals surface area contributed by atoms with Crippen LogP contribution >= 0.6 is 0 Å². The second-order valence-electron chi connectivity index (χ2n) is 8.27. The molecule has 1 saturated carbocycles. The molecule has 2 fully saturated rings. The van der Waals surface area contributed by atoms with Crippen molar-refractivity contribution in [3.05, 3.63) is 12.4 Å². The predicted molar refractivity (Wildman–Crippen MR) is 101 cm³/mol. The molecule has 0 bridgehead atoms. The molecule has 1 amide bonds. The van der Waals surface area contributed by atoms with Crippen molar-refractivity contribution in [3.8, 4) is 0 Å². The molecule has 0 aromatic carbocycles. The van der Waals surface area contributed by atoms with Gasteiger partial charge in [0.05, 0.1) is 11.2 Å². The van der Waals surface area contributed by atoms with Gasteiger partial charge in [0.15, 0.2) is 0 Å². The maximum absolute atomic E-state index is 11.4. The third kappa shape index (κ3) is 4.01. The smallest absolute Gasteiger partial charge is 0.399 e. The molecule has 0 spiro atoms. The van der Waals surface area contributed by atoms with Crippen LogP contribution in [0, 0.1) is 0 Å². The molecule has 3 rings (SSSR count). The van der Waals surface area contributed by atoms with E-state index in [9.17, 15) is 4.79 Å². The zero-order chi connectivity index (χ0) is 18.9. The summed E-state index contributed by atoms with van der Waals surface area (Å²) in [6.07, 6.45) is 7.72. The van der Waals surface area contributed by atoms with Crippen LogP contribution in [0.25, 0.3) is 0 Å². The van der Waals surface area contributed by atoms with Gasteiger partial charge in [-0.3, -0.25) is 4.79 Å². The molecule has 1 saturated heterocycles. The highest BCUT2D eigenvalue weighted by Crippen LogP contribution is 2.36. The molecule has 7 nitrogen and oxygen atoms in total. The lowest BCUT2D eigenvalue weighted by molar-refractivity contribution is -0.119. The van der Waals surface area contributed by atoms with E-state index in [1.54, 1.807) is 19.3 Å². The quantitative estimate of drug-likeness (QED) is 0.794. The molecule has 26 heavy (non-hydrogen) atoms. The van der Waals surface area contributed by atoms with Gasteiger partial charge < -0.3 is 19.9 Å². The van der Waals surface area contributed by atoms with Crippen LogP contribution in [-0.4, -0.2) is 46.3 Å². The van der Waals surface area contributed by atoms with Crippen molar-refractivity contribution in [1.82, 2.24) is 15.3 Å². The van der Waals surface area contributed by atoms with Crippen molar-refractivity contribution < 1.29 is 14.1 Å². The Hall–Kier alpha value is -1.67. The number of nitrogens with one attached hydrogen (secondary N) is 2. The summed E-state index contributed by atoms with van der Waals surface area (Å²) >= 11 is 0. The Morgan fingerprint density at radius 3 is 2.15 bits per heavy atom. The summed E-state index contributed by atoms with van der Waals surface area (Å²) in [7, 11) is -0.462. The van der Waals surface area contributed by atoms with E-state index in [1.807, 2.05) is 27.7 Å². The summed E-state index contributed by atoms with van der Waals surface area (Å²) in [6.45, 7) is 9.65. The first-order valence-electron chi connectivity index (χ1n) is 9.39.